The van der Waals surface area contributed by atoms with Gasteiger partial charge in [-0.1, -0.05) is 42.2 Å². The number of nitrogen functional groups attached to an aromatic ring is 1. The van der Waals surface area contributed by atoms with Crippen molar-refractivity contribution in [2.24, 2.45) is 0 Å². The van der Waals surface area contributed by atoms with Crippen molar-refractivity contribution in [3.05, 3.63) is 59.7 Å². The number of carbonyl (C=O) groups is 1. The second-order valence-corrected chi connectivity index (χ2v) is 4.67. The van der Waals surface area contributed by atoms with Gasteiger partial charge in [0.1, 0.15) is 12.4 Å². The molecule has 0 saturated heterocycles. The summed E-state index contributed by atoms with van der Waals surface area (Å²) in [5, 5.41) is 2.56. The molecular weight excluding hydrogens is 292 g/mol. The van der Waals surface area contributed by atoms with E-state index in [0.29, 0.717) is 17.0 Å². The van der Waals surface area contributed by atoms with Crippen LogP contribution in [0.25, 0.3) is 0 Å². The van der Waals surface area contributed by atoms with Gasteiger partial charge in [-0.2, -0.15) is 0 Å². The average Bonchev–Trinajstić information content (AvgIpc) is 2.59. The van der Waals surface area contributed by atoms with Gasteiger partial charge in [0.05, 0.1) is 19.2 Å². The lowest BCUT2D eigenvalue weighted by molar-refractivity contribution is 0.141. The highest BCUT2D eigenvalue weighted by Gasteiger charge is 2.01. The molecule has 118 valence electrons. The summed E-state index contributed by atoms with van der Waals surface area (Å²) in [5.41, 5.74) is 7.97. The van der Waals surface area contributed by atoms with Crippen molar-refractivity contribution in [3.63, 3.8) is 0 Å². The molecular formula is C18H18N2O3. The number of hydrogen-bond acceptors (Lipinski definition) is 4. The Morgan fingerprint density at radius 1 is 1.22 bits per heavy atom. The van der Waals surface area contributed by atoms with Crippen LogP contribution in [0.3, 0.4) is 0 Å². The fraction of sp³-hybridized carbons (Fsp3) is 0.167. The van der Waals surface area contributed by atoms with Crippen LogP contribution in [-0.2, 0) is 11.3 Å². The van der Waals surface area contributed by atoms with E-state index in [4.69, 9.17) is 15.2 Å². The zero-order valence-electron chi connectivity index (χ0n) is 12.8. The molecule has 2 rings (SSSR count). The van der Waals surface area contributed by atoms with Crippen LogP contribution in [-0.4, -0.2) is 19.7 Å². The minimum atomic E-state index is -0.512. The molecule has 2 aromatic rings. The van der Waals surface area contributed by atoms with E-state index in [9.17, 15) is 4.79 Å². The molecule has 0 bridgehead atoms. The Bertz CT molecular complexity index is 718. The van der Waals surface area contributed by atoms with Crippen molar-refractivity contribution in [1.82, 2.24) is 5.32 Å². The van der Waals surface area contributed by atoms with Gasteiger partial charge in [0.25, 0.3) is 0 Å². The summed E-state index contributed by atoms with van der Waals surface area (Å²) >= 11 is 0. The van der Waals surface area contributed by atoms with Crippen molar-refractivity contribution >= 4 is 11.8 Å². The average molecular weight is 310 g/mol. The maximum Gasteiger partial charge on any atom is 0.408 e. The number of amides is 1. The molecule has 2 aromatic carbocycles. The molecule has 0 heterocycles. The number of methoxy groups -OCH3 is 1. The van der Waals surface area contributed by atoms with Crippen LogP contribution in [0.5, 0.6) is 5.75 Å². The van der Waals surface area contributed by atoms with Crippen molar-refractivity contribution in [1.29, 1.82) is 0 Å². The van der Waals surface area contributed by atoms with Gasteiger partial charge in [0.2, 0.25) is 0 Å². The lowest BCUT2D eigenvalue weighted by Gasteiger charge is -2.04. The van der Waals surface area contributed by atoms with E-state index in [1.165, 1.54) is 0 Å². The van der Waals surface area contributed by atoms with Crippen molar-refractivity contribution in [2.75, 3.05) is 19.4 Å². The van der Waals surface area contributed by atoms with Gasteiger partial charge < -0.3 is 20.5 Å². The van der Waals surface area contributed by atoms with Crippen LogP contribution in [0.2, 0.25) is 0 Å². The van der Waals surface area contributed by atoms with E-state index in [1.807, 2.05) is 30.3 Å². The number of nitrogens with one attached hydrogen (secondary N) is 1. The van der Waals surface area contributed by atoms with Gasteiger partial charge in [-0.25, -0.2) is 4.79 Å². The normalized spacial score (nSPS) is 9.43. The number of hydrogen-bond donors (Lipinski definition) is 2. The highest BCUT2D eigenvalue weighted by molar-refractivity contribution is 5.67. The number of benzene rings is 2. The molecule has 3 N–H and O–H groups in total. The Morgan fingerprint density at radius 3 is 2.74 bits per heavy atom. The van der Waals surface area contributed by atoms with Crippen molar-refractivity contribution < 1.29 is 14.3 Å². The predicted octanol–water partition coefficient (Wildman–Crippen LogP) is 2.56. The van der Waals surface area contributed by atoms with Gasteiger partial charge in [-0.15, -0.1) is 0 Å². The SMILES string of the molecule is COc1ccc(N)c(C#CCNC(=O)OCc2ccccc2)c1. The topological polar surface area (TPSA) is 73.6 Å². The van der Waals surface area contributed by atoms with Crippen LogP contribution >= 0.6 is 0 Å². The largest absolute Gasteiger partial charge is 0.497 e. The fourth-order valence-corrected chi connectivity index (χ4v) is 1.80. The van der Waals surface area contributed by atoms with Gasteiger partial charge >= 0.3 is 6.09 Å². The molecule has 5 heteroatoms. The molecule has 0 aliphatic carbocycles. The molecule has 0 aromatic heterocycles. The van der Waals surface area contributed by atoms with Crippen molar-refractivity contribution in [3.8, 4) is 17.6 Å². The number of ether oxygens (including phenoxy) is 2. The number of anilines is 1. The fourth-order valence-electron chi connectivity index (χ4n) is 1.80. The Kier molecular flexibility index (Phi) is 5.89. The third-order valence-corrected chi connectivity index (χ3v) is 3.02. The third kappa shape index (κ3) is 5.29. The second-order valence-electron chi connectivity index (χ2n) is 4.67. The Labute approximate surface area is 135 Å². The summed E-state index contributed by atoms with van der Waals surface area (Å²) in [4.78, 5) is 11.5. The monoisotopic (exact) mass is 310 g/mol. The van der Waals surface area contributed by atoms with Gasteiger partial charge in [-0.3, -0.25) is 0 Å². The van der Waals surface area contributed by atoms with E-state index in [0.717, 1.165) is 5.56 Å². The van der Waals surface area contributed by atoms with E-state index >= 15 is 0 Å². The first-order valence-corrected chi connectivity index (χ1v) is 7.06. The second kappa shape index (κ2) is 8.35. The molecule has 0 aliphatic heterocycles. The Hall–Kier alpha value is -3.13. The highest BCUT2D eigenvalue weighted by Crippen LogP contribution is 2.18. The van der Waals surface area contributed by atoms with Crippen LogP contribution in [0, 0.1) is 11.8 Å². The Morgan fingerprint density at radius 2 is 2.00 bits per heavy atom. The number of rotatable bonds is 4. The number of nitrogens with two attached hydrogens (primary N) is 1. The third-order valence-electron chi connectivity index (χ3n) is 3.02. The summed E-state index contributed by atoms with van der Waals surface area (Å²) in [5.74, 6) is 6.40. The summed E-state index contributed by atoms with van der Waals surface area (Å²) in [6.07, 6.45) is -0.512. The summed E-state index contributed by atoms with van der Waals surface area (Å²) < 4.78 is 10.2. The maximum atomic E-state index is 11.5. The van der Waals surface area contributed by atoms with Crippen LogP contribution in [0.1, 0.15) is 11.1 Å². The number of alkyl carbamates (subject to hydrolysis) is 1. The van der Waals surface area contributed by atoms with E-state index < -0.39 is 6.09 Å². The van der Waals surface area contributed by atoms with E-state index in [2.05, 4.69) is 17.2 Å². The zero-order chi connectivity index (χ0) is 16.5. The predicted molar refractivity (Wildman–Crippen MR) is 88.9 cm³/mol. The summed E-state index contributed by atoms with van der Waals surface area (Å²) in [6, 6.07) is 14.7. The van der Waals surface area contributed by atoms with Gasteiger partial charge in [-0.05, 0) is 23.8 Å². The highest BCUT2D eigenvalue weighted by atomic mass is 16.5. The summed E-state index contributed by atoms with van der Waals surface area (Å²) in [6.45, 7) is 0.396. The first-order chi connectivity index (χ1) is 11.2. The molecule has 0 atom stereocenters. The summed E-state index contributed by atoms with van der Waals surface area (Å²) in [7, 11) is 1.58. The molecule has 0 fully saturated rings. The van der Waals surface area contributed by atoms with Gasteiger partial charge in [0, 0.05) is 5.69 Å². The smallest absolute Gasteiger partial charge is 0.408 e. The maximum absolute atomic E-state index is 11.5. The van der Waals surface area contributed by atoms with Crippen LogP contribution < -0.4 is 15.8 Å². The van der Waals surface area contributed by atoms with Crippen molar-refractivity contribution in [2.45, 2.75) is 6.61 Å². The molecule has 0 aliphatic rings. The minimum absolute atomic E-state index is 0.171. The Balaban J connectivity index is 1.80. The lowest BCUT2D eigenvalue weighted by atomic mass is 10.2. The molecule has 0 saturated carbocycles. The van der Waals surface area contributed by atoms with Crippen LogP contribution in [0.15, 0.2) is 48.5 Å². The molecule has 0 spiro atoms. The zero-order valence-corrected chi connectivity index (χ0v) is 12.8. The standard InChI is InChI=1S/C18H18N2O3/c1-22-16-9-10-17(19)15(12-16)8-5-11-20-18(21)23-13-14-6-3-2-4-7-14/h2-4,6-7,9-10,12H,11,13,19H2,1H3,(H,20,21). The minimum Gasteiger partial charge on any atom is -0.497 e. The molecule has 23 heavy (non-hydrogen) atoms. The quantitative estimate of drug-likeness (QED) is 0.672. The molecule has 1 amide bonds. The number of carbonyl (C=O) groups excluding carboxylic acids is 1. The first kappa shape index (κ1) is 16.2. The van der Waals surface area contributed by atoms with Crippen LogP contribution in [0.4, 0.5) is 10.5 Å². The molecule has 0 radical (unpaired) electrons. The first-order valence-electron chi connectivity index (χ1n) is 7.06. The van der Waals surface area contributed by atoms with E-state index in [-0.39, 0.29) is 13.2 Å². The lowest BCUT2D eigenvalue weighted by Crippen LogP contribution is -2.24. The molecule has 0 unspecified atom stereocenters. The van der Waals surface area contributed by atoms with Gasteiger partial charge in [0.15, 0.2) is 0 Å². The van der Waals surface area contributed by atoms with E-state index in [1.54, 1.807) is 25.3 Å². The molecule has 5 nitrogen and oxygen atoms in total.